The van der Waals surface area contributed by atoms with E-state index in [9.17, 15) is 4.79 Å². The minimum absolute atomic E-state index is 0.0303. The van der Waals surface area contributed by atoms with Crippen molar-refractivity contribution in [1.82, 2.24) is 0 Å². The summed E-state index contributed by atoms with van der Waals surface area (Å²) >= 11 is 0. The van der Waals surface area contributed by atoms with Crippen LogP contribution < -0.4 is 0 Å². The molecule has 0 bridgehead atoms. The third-order valence-corrected chi connectivity index (χ3v) is 4.40. The van der Waals surface area contributed by atoms with E-state index in [0.717, 1.165) is 12.8 Å². The molecule has 0 aliphatic heterocycles. The SMILES string of the molecule is CC(C)(C)C(=O)OC1c2ccccc2CCCCC1(C)C. The van der Waals surface area contributed by atoms with Crippen LogP contribution in [0.1, 0.15) is 71.1 Å². The van der Waals surface area contributed by atoms with Crippen molar-refractivity contribution in [2.45, 2.75) is 66.4 Å². The highest BCUT2D eigenvalue weighted by atomic mass is 16.5. The van der Waals surface area contributed by atoms with E-state index >= 15 is 0 Å². The zero-order chi connectivity index (χ0) is 15.7. The molecule has 0 fully saturated rings. The number of ether oxygens (including phenoxy) is 1. The van der Waals surface area contributed by atoms with Gasteiger partial charge in [-0.2, -0.15) is 0 Å². The summed E-state index contributed by atoms with van der Waals surface area (Å²) in [6.07, 6.45) is 4.41. The number of hydrogen-bond acceptors (Lipinski definition) is 2. The predicted molar refractivity (Wildman–Crippen MR) is 86.1 cm³/mol. The van der Waals surface area contributed by atoms with E-state index in [1.54, 1.807) is 0 Å². The summed E-state index contributed by atoms with van der Waals surface area (Å²) < 4.78 is 5.99. The van der Waals surface area contributed by atoms with Crippen LogP contribution in [0.25, 0.3) is 0 Å². The molecule has 21 heavy (non-hydrogen) atoms. The van der Waals surface area contributed by atoms with Gasteiger partial charge in [-0.3, -0.25) is 4.79 Å². The average Bonchev–Trinajstić information content (AvgIpc) is 2.38. The van der Waals surface area contributed by atoms with Gasteiger partial charge in [-0.1, -0.05) is 44.5 Å². The Morgan fingerprint density at radius 3 is 2.52 bits per heavy atom. The quantitative estimate of drug-likeness (QED) is 0.674. The summed E-state index contributed by atoms with van der Waals surface area (Å²) in [5.74, 6) is -0.115. The van der Waals surface area contributed by atoms with E-state index in [2.05, 4.69) is 38.1 Å². The van der Waals surface area contributed by atoms with Gasteiger partial charge in [0, 0.05) is 5.41 Å². The van der Waals surface area contributed by atoms with E-state index in [1.165, 1.54) is 24.0 Å². The van der Waals surface area contributed by atoms with Crippen molar-refractivity contribution in [2.24, 2.45) is 10.8 Å². The van der Waals surface area contributed by atoms with Crippen LogP contribution in [0, 0.1) is 10.8 Å². The van der Waals surface area contributed by atoms with Gasteiger partial charge in [0.05, 0.1) is 5.41 Å². The Morgan fingerprint density at radius 2 is 1.86 bits per heavy atom. The van der Waals surface area contributed by atoms with Gasteiger partial charge in [0.2, 0.25) is 0 Å². The smallest absolute Gasteiger partial charge is 0.311 e. The molecule has 1 aromatic carbocycles. The number of esters is 1. The number of carbonyl (C=O) groups is 1. The number of carbonyl (C=O) groups excluding carboxylic acids is 1. The van der Waals surface area contributed by atoms with Gasteiger partial charge in [0.15, 0.2) is 0 Å². The molecule has 1 unspecified atom stereocenters. The molecule has 0 saturated carbocycles. The molecule has 0 spiro atoms. The largest absolute Gasteiger partial charge is 0.457 e. The minimum Gasteiger partial charge on any atom is -0.457 e. The molecule has 2 rings (SSSR count). The lowest BCUT2D eigenvalue weighted by atomic mass is 9.74. The summed E-state index contributed by atoms with van der Waals surface area (Å²) in [6.45, 7) is 10.2. The molecule has 1 aromatic rings. The lowest BCUT2D eigenvalue weighted by molar-refractivity contribution is -0.166. The third kappa shape index (κ3) is 3.66. The Hall–Kier alpha value is -1.31. The lowest BCUT2D eigenvalue weighted by Crippen LogP contribution is -2.33. The summed E-state index contributed by atoms with van der Waals surface area (Å²) in [6, 6.07) is 8.43. The molecule has 0 radical (unpaired) electrons. The topological polar surface area (TPSA) is 26.3 Å². The first-order valence-electron chi connectivity index (χ1n) is 8.01. The standard InChI is InChI=1S/C19H28O2/c1-18(2,3)17(20)21-16-15-12-7-6-10-14(15)11-8-9-13-19(16,4)5/h6-7,10,12,16H,8-9,11,13H2,1-5H3. The summed E-state index contributed by atoms with van der Waals surface area (Å²) in [5.41, 5.74) is 2.03. The van der Waals surface area contributed by atoms with Crippen LogP contribution in [-0.2, 0) is 16.0 Å². The zero-order valence-electron chi connectivity index (χ0n) is 14.0. The Kier molecular flexibility index (Phi) is 4.46. The monoisotopic (exact) mass is 288 g/mol. The van der Waals surface area contributed by atoms with E-state index in [0.29, 0.717) is 0 Å². The Balaban J connectivity index is 2.40. The number of hydrogen-bond donors (Lipinski definition) is 0. The maximum atomic E-state index is 12.4. The molecule has 1 aliphatic carbocycles. The Labute approximate surface area is 128 Å². The summed E-state index contributed by atoms with van der Waals surface area (Å²) in [4.78, 5) is 12.4. The van der Waals surface area contributed by atoms with Crippen LogP contribution in [0.2, 0.25) is 0 Å². The van der Waals surface area contributed by atoms with Crippen LogP contribution >= 0.6 is 0 Å². The third-order valence-electron chi connectivity index (χ3n) is 4.40. The van der Waals surface area contributed by atoms with E-state index in [4.69, 9.17) is 4.74 Å². The van der Waals surface area contributed by atoms with Gasteiger partial charge >= 0.3 is 5.97 Å². The first-order chi connectivity index (χ1) is 9.72. The fourth-order valence-electron chi connectivity index (χ4n) is 2.97. The van der Waals surface area contributed by atoms with Gasteiger partial charge in [0.25, 0.3) is 0 Å². The normalized spacial score (nSPS) is 21.9. The van der Waals surface area contributed by atoms with Gasteiger partial charge < -0.3 is 4.74 Å². The molecule has 0 aromatic heterocycles. The number of aryl methyl sites for hydroxylation is 1. The van der Waals surface area contributed by atoms with Crippen LogP contribution in [0.5, 0.6) is 0 Å². The second-order valence-electron chi connectivity index (χ2n) is 7.93. The fraction of sp³-hybridized carbons (Fsp3) is 0.632. The fourth-order valence-corrected chi connectivity index (χ4v) is 2.97. The maximum Gasteiger partial charge on any atom is 0.311 e. The average molecular weight is 288 g/mol. The van der Waals surface area contributed by atoms with Crippen molar-refractivity contribution in [3.05, 3.63) is 35.4 Å². The minimum atomic E-state index is -0.465. The predicted octanol–water partition coefficient (Wildman–Crippen LogP) is 5.07. The lowest BCUT2D eigenvalue weighted by Gasteiger charge is -2.38. The number of benzene rings is 1. The summed E-state index contributed by atoms with van der Waals surface area (Å²) in [7, 11) is 0. The van der Waals surface area contributed by atoms with E-state index in [-0.39, 0.29) is 17.5 Å². The maximum absolute atomic E-state index is 12.4. The van der Waals surface area contributed by atoms with Crippen molar-refractivity contribution in [1.29, 1.82) is 0 Å². The van der Waals surface area contributed by atoms with Crippen molar-refractivity contribution < 1.29 is 9.53 Å². The highest BCUT2D eigenvalue weighted by molar-refractivity contribution is 5.75. The van der Waals surface area contributed by atoms with Gasteiger partial charge in [-0.25, -0.2) is 0 Å². The molecular weight excluding hydrogens is 260 g/mol. The second kappa shape index (κ2) is 5.82. The number of rotatable bonds is 1. The molecule has 1 atom stereocenters. The summed E-state index contributed by atoms with van der Waals surface area (Å²) in [5, 5.41) is 0. The molecular formula is C19H28O2. The van der Waals surface area contributed by atoms with Crippen molar-refractivity contribution in [3.8, 4) is 0 Å². The van der Waals surface area contributed by atoms with Gasteiger partial charge in [0.1, 0.15) is 6.10 Å². The second-order valence-corrected chi connectivity index (χ2v) is 7.93. The number of fused-ring (bicyclic) bond motifs is 1. The Bertz CT molecular complexity index is 509. The van der Waals surface area contributed by atoms with E-state index in [1.807, 2.05) is 20.8 Å². The van der Waals surface area contributed by atoms with Crippen LogP contribution in [0.15, 0.2) is 24.3 Å². The van der Waals surface area contributed by atoms with Crippen LogP contribution in [-0.4, -0.2) is 5.97 Å². The van der Waals surface area contributed by atoms with Gasteiger partial charge in [-0.15, -0.1) is 0 Å². The van der Waals surface area contributed by atoms with Crippen molar-refractivity contribution in [3.63, 3.8) is 0 Å². The van der Waals surface area contributed by atoms with Crippen molar-refractivity contribution >= 4 is 5.97 Å². The van der Waals surface area contributed by atoms with Crippen LogP contribution in [0.4, 0.5) is 0 Å². The van der Waals surface area contributed by atoms with E-state index < -0.39 is 5.41 Å². The molecule has 0 heterocycles. The van der Waals surface area contributed by atoms with Crippen LogP contribution in [0.3, 0.4) is 0 Å². The highest BCUT2D eigenvalue weighted by Crippen LogP contribution is 2.44. The molecule has 1 aliphatic rings. The molecule has 0 saturated heterocycles. The molecule has 0 N–H and O–H groups in total. The highest BCUT2D eigenvalue weighted by Gasteiger charge is 2.38. The molecule has 116 valence electrons. The van der Waals surface area contributed by atoms with Crippen molar-refractivity contribution in [2.75, 3.05) is 0 Å². The molecule has 2 nitrogen and oxygen atoms in total. The molecule has 2 heteroatoms. The van der Waals surface area contributed by atoms with Gasteiger partial charge in [-0.05, 0) is 51.2 Å². The Morgan fingerprint density at radius 1 is 1.19 bits per heavy atom. The first-order valence-corrected chi connectivity index (χ1v) is 8.01. The zero-order valence-corrected chi connectivity index (χ0v) is 14.0. The first kappa shape index (κ1) is 16.1. The molecule has 0 amide bonds.